The van der Waals surface area contributed by atoms with Gasteiger partial charge in [-0.2, -0.15) is 0 Å². The van der Waals surface area contributed by atoms with E-state index in [1.165, 1.54) is 12.1 Å². The molecular weight excluding hydrogens is 397 g/mol. The molecule has 2 aromatic carbocycles. The Kier molecular flexibility index (Phi) is 5.59. The summed E-state index contributed by atoms with van der Waals surface area (Å²) < 4.78 is 24.6. The Morgan fingerprint density at radius 1 is 1.19 bits per heavy atom. The average Bonchev–Trinajstić information content (AvgIpc) is 3.20. The third kappa shape index (κ3) is 4.28. The van der Waals surface area contributed by atoms with E-state index in [9.17, 15) is 9.18 Å². The molecule has 1 N–H and O–H groups in total. The van der Waals surface area contributed by atoms with Gasteiger partial charge in [0, 0.05) is 36.0 Å². The SMILES string of the molecule is O=C1NCCc2ccc(OCCCN3CCC(c4noc5cc(F)ccc45)CC3)cc21. The van der Waals surface area contributed by atoms with Gasteiger partial charge in [0.2, 0.25) is 0 Å². The highest BCUT2D eigenvalue weighted by molar-refractivity contribution is 5.97. The summed E-state index contributed by atoms with van der Waals surface area (Å²) in [6.45, 7) is 4.30. The van der Waals surface area contributed by atoms with Crippen molar-refractivity contribution in [1.29, 1.82) is 0 Å². The van der Waals surface area contributed by atoms with E-state index in [0.29, 0.717) is 24.7 Å². The number of piperidine rings is 1. The lowest BCUT2D eigenvalue weighted by Crippen LogP contribution is -2.34. The molecular formula is C24H26FN3O3. The van der Waals surface area contributed by atoms with Crippen molar-refractivity contribution in [2.45, 2.75) is 31.6 Å². The van der Waals surface area contributed by atoms with Crippen LogP contribution in [0.4, 0.5) is 4.39 Å². The number of aromatic nitrogens is 1. The molecule has 0 saturated carbocycles. The summed E-state index contributed by atoms with van der Waals surface area (Å²) >= 11 is 0. The highest BCUT2D eigenvalue weighted by Crippen LogP contribution is 2.32. The third-order valence-electron chi connectivity index (χ3n) is 6.33. The molecule has 1 aromatic heterocycles. The van der Waals surface area contributed by atoms with Crippen molar-refractivity contribution in [1.82, 2.24) is 15.4 Å². The summed E-state index contributed by atoms with van der Waals surface area (Å²) in [5.74, 6) is 0.787. The predicted molar refractivity (Wildman–Crippen MR) is 115 cm³/mol. The van der Waals surface area contributed by atoms with E-state index < -0.39 is 0 Å². The summed E-state index contributed by atoms with van der Waals surface area (Å²) in [5.41, 5.74) is 3.29. The lowest BCUT2D eigenvalue weighted by atomic mass is 9.91. The third-order valence-corrected chi connectivity index (χ3v) is 6.33. The second-order valence-corrected chi connectivity index (χ2v) is 8.35. The first-order chi connectivity index (χ1) is 15.2. The first-order valence-electron chi connectivity index (χ1n) is 11.0. The smallest absolute Gasteiger partial charge is 0.251 e. The van der Waals surface area contributed by atoms with E-state index in [-0.39, 0.29) is 11.7 Å². The zero-order valence-electron chi connectivity index (χ0n) is 17.4. The largest absolute Gasteiger partial charge is 0.494 e. The van der Waals surface area contributed by atoms with Crippen LogP contribution in [-0.2, 0) is 6.42 Å². The number of nitrogens with zero attached hydrogens (tertiary/aromatic N) is 2. The van der Waals surface area contributed by atoms with Gasteiger partial charge in [-0.3, -0.25) is 4.79 Å². The number of rotatable bonds is 6. The van der Waals surface area contributed by atoms with Crippen LogP contribution in [0.2, 0.25) is 0 Å². The van der Waals surface area contributed by atoms with E-state index in [1.807, 2.05) is 18.2 Å². The molecule has 3 aromatic rings. The number of halogens is 1. The molecule has 3 heterocycles. The molecule has 1 saturated heterocycles. The summed E-state index contributed by atoms with van der Waals surface area (Å²) in [6, 6.07) is 10.4. The number of carbonyl (C=O) groups excluding carboxylic acids is 1. The van der Waals surface area contributed by atoms with E-state index in [0.717, 1.165) is 73.3 Å². The predicted octanol–water partition coefficient (Wildman–Crippen LogP) is 3.90. The van der Waals surface area contributed by atoms with Gasteiger partial charge in [0.05, 0.1) is 12.3 Å². The Labute approximate surface area is 180 Å². The number of amides is 1. The Morgan fingerprint density at radius 2 is 2.06 bits per heavy atom. The van der Waals surface area contributed by atoms with Crippen LogP contribution in [-0.4, -0.2) is 48.7 Å². The maximum atomic E-state index is 13.4. The van der Waals surface area contributed by atoms with Crippen molar-refractivity contribution < 1.29 is 18.4 Å². The van der Waals surface area contributed by atoms with Crippen LogP contribution in [0.15, 0.2) is 40.9 Å². The summed E-state index contributed by atoms with van der Waals surface area (Å²) in [5, 5.41) is 8.02. The molecule has 5 rings (SSSR count). The normalized spacial score (nSPS) is 17.5. The highest BCUT2D eigenvalue weighted by Gasteiger charge is 2.25. The molecule has 1 amide bonds. The lowest BCUT2D eigenvalue weighted by molar-refractivity contribution is 0.0945. The average molecular weight is 423 g/mol. The first-order valence-corrected chi connectivity index (χ1v) is 11.0. The van der Waals surface area contributed by atoms with Gasteiger partial charge in [-0.05, 0) is 68.6 Å². The van der Waals surface area contributed by atoms with Gasteiger partial charge in [-0.15, -0.1) is 0 Å². The topological polar surface area (TPSA) is 67.6 Å². The lowest BCUT2D eigenvalue weighted by Gasteiger charge is -2.31. The summed E-state index contributed by atoms with van der Waals surface area (Å²) in [4.78, 5) is 14.4. The van der Waals surface area contributed by atoms with E-state index in [2.05, 4.69) is 15.4 Å². The van der Waals surface area contributed by atoms with Crippen molar-refractivity contribution in [2.24, 2.45) is 0 Å². The monoisotopic (exact) mass is 423 g/mol. The van der Waals surface area contributed by atoms with Crippen LogP contribution >= 0.6 is 0 Å². The second kappa shape index (κ2) is 8.67. The number of benzene rings is 2. The Hall–Kier alpha value is -2.93. The number of likely N-dealkylation sites (tertiary alicyclic amines) is 1. The number of ether oxygens (including phenoxy) is 1. The molecule has 0 bridgehead atoms. The van der Waals surface area contributed by atoms with Crippen molar-refractivity contribution in [2.75, 3.05) is 32.8 Å². The molecule has 0 aliphatic carbocycles. The van der Waals surface area contributed by atoms with Crippen molar-refractivity contribution in [3.05, 3.63) is 59.0 Å². The van der Waals surface area contributed by atoms with Gasteiger partial charge in [-0.25, -0.2) is 4.39 Å². The highest BCUT2D eigenvalue weighted by atomic mass is 19.1. The molecule has 0 unspecified atom stereocenters. The minimum atomic E-state index is -0.300. The number of nitrogens with one attached hydrogen (secondary N) is 1. The van der Waals surface area contributed by atoms with Crippen LogP contribution in [0.1, 0.15) is 46.8 Å². The second-order valence-electron chi connectivity index (χ2n) is 8.35. The van der Waals surface area contributed by atoms with E-state index in [1.54, 1.807) is 6.07 Å². The molecule has 162 valence electrons. The van der Waals surface area contributed by atoms with Gasteiger partial charge >= 0.3 is 0 Å². The first kappa shape index (κ1) is 20.0. The number of fused-ring (bicyclic) bond motifs is 2. The molecule has 7 heteroatoms. The molecule has 31 heavy (non-hydrogen) atoms. The van der Waals surface area contributed by atoms with Crippen molar-refractivity contribution >= 4 is 16.9 Å². The number of hydrogen-bond donors (Lipinski definition) is 1. The molecule has 1 fully saturated rings. The van der Waals surface area contributed by atoms with Gasteiger partial charge in [0.15, 0.2) is 5.58 Å². The molecule has 2 aliphatic rings. The van der Waals surface area contributed by atoms with Crippen molar-refractivity contribution in [3.63, 3.8) is 0 Å². The Morgan fingerprint density at radius 3 is 2.94 bits per heavy atom. The molecule has 0 atom stereocenters. The van der Waals surface area contributed by atoms with Crippen LogP contribution in [0.25, 0.3) is 11.0 Å². The maximum absolute atomic E-state index is 13.4. The van der Waals surface area contributed by atoms with E-state index in [4.69, 9.17) is 9.26 Å². The van der Waals surface area contributed by atoms with Gasteiger partial charge in [-0.1, -0.05) is 11.2 Å². The van der Waals surface area contributed by atoms with E-state index >= 15 is 0 Å². The van der Waals surface area contributed by atoms with Crippen LogP contribution in [0, 0.1) is 5.82 Å². The summed E-state index contributed by atoms with van der Waals surface area (Å²) in [6.07, 6.45) is 3.83. The Bertz CT molecular complexity index is 1090. The summed E-state index contributed by atoms with van der Waals surface area (Å²) in [7, 11) is 0. The van der Waals surface area contributed by atoms with Gasteiger partial charge < -0.3 is 19.5 Å². The minimum absolute atomic E-state index is 0.0143. The van der Waals surface area contributed by atoms with Crippen molar-refractivity contribution in [3.8, 4) is 5.75 Å². The van der Waals surface area contributed by atoms with Gasteiger partial charge in [0.1, 0.15) is 11.6 Å². The molecule has 0 spiro atoms. The Balaban J connectivity index is 1.08. The standard InChI is InChI=1S/C24H26FN3O3/c25-18-3-5-20-22(14-18)31-27-23(20)17-7-11-28(12-8-17)10-1-13-30-19-4-2-16-6-9-26-24(29)21(16)15-19/h2-5,14-15,17H,1,6-13H2,(H,26,29). The maximum Gasteiger partial charge on any atom is 0.251 e. The molecule has 2 aliphatic heterocycles. The molecule has 6 nitrogen and oxygen atoms in total. The van der Waals surface area contributed by atoms with Crippen LogP contribution < -0.4 is 10.1 Å². The van der Waals surface area contributed by atoms with Crippen LogP contribution in [0.5, 0.6) is 5.75 Å². The quantitative estimate of drug-likeness (QED) is 0.609. The fourth-order valence-corrected chi connectivity index (χ4v) is 4.61. The van der Waals surface area contributed by atoms with Gasteiger partial charge in [0.25, 0.3) is 5.91 Å². The zero-order chi connectivity index (χ0) is 21.2. The number of carbonyl (C=O) groups is 1. The minimum Gasteiger partial charge on any atom is -0.494 e. The molecule has 0 radical (unpaired) electrons. The fourth-order valence-electron chi connectivity index (χ4n) is 4.61. The van der Waals surface area contributed by atoms with Crippen LogP contribution in [0.3, 0.4) is 0 Å². The number of hydrogen-bond acceptors (Lipinski definition) is 5. The zero-order valence-corrected chi connectivity index (χ0v) is 17.4. The fraction of sp³-hybridized carbons (Fsp3) is 0.417.